The molecule has 5 heteroatoms. The van der Waals surface area contributed by atoms with Crippen molar-refractivity contribution in [3.05, 3.63) is 23.8 Å². The molecule has 20 heavy (non-hydrogen) atoms. The second-order valence-corrected chi connectivity index (χ2v) is 5.15. The summed E-state index contributed by atoms with van der Waals surface area (Å²) in [5.74, 6) is -0.0701. The molecule has 0 saturated carbocycles. The lowest BCUT2D eigenvalue weighted by Crippen LogP contribution is -2.29. The zero-order valence-electron chi connectivity index (χ0n) is 12.2. The fourth-order valence-electron chi connectivity index (χ4n) is 2.47. The van der Waals surface area contributed by atoms with Gasteiger partial charge in [0.15, 0.2) is 0 Å². The number of ether oxygens (including phenoxy) is 1. The number of hydrogen-bond acceptors (Lipinski definition) is 4. The van der Waals surface area contributed by atoms with Gasteiger partial charge in [-0.3, -0.25) is 4.79 Å². The fraction of sp³-hybridized carbons (Fsp3) is 0.533. The minimum absolute atomic E-state index is 0.0701. The monoisotopic (exact) mass is 277 g/mol. The molecule has 0 aromatic heterocycles. The zero-order valence-corrected chi connectivity index (χ0v) is 12.2. The maximum Gasteiger partial charge on any atom is 0.251 e. The van der Waals surface area contributed by atoms with Crippen LogP contribution in [-0.4, -0.2) is 38.8 Å². The van der Waals surface area contributed by atoms with Crippen LogP contribution in [0.2, 0.25) is 0 Å². The third kappa shape index (κ3) is 3.42. The maximum absolute atomic E-state index is 11.9. The quantitative estimate of drug-likeness (QED) is 0.803. The van der Waals surface area contributed by atoms with E-state index in [2.05, 4.69) is 10.2 Å². The molecule has 0 aliphatic carbocycles. The molecule has 0 bridgehead atoms. The van der Waals surface area contributed by atoms with E-state index < -0.39 is 0 Å². The summed E-state index contributed by atoms with van der Waals surface area (Å²) in [7, 11) is 1.98. The summed E-state index contributed by atoms with van der Waals surface area (Å²) in [6.45, 7) is 4.15. The summed E-state index contributed by atoms with van der Waals surface area (Å²) in [4.78, 5) is 13.9. The number of carbonyl (C=O) groups is 1. The summed E-state index contributed by atoms with van der Waals surface area (Å²) >= 11 is 0. The van der Waals surface area contributed by atoms with E-state index in [0.717, 1.165) is 31.7 Å². The van der Waals surface area contributed by atoms with Crippen LogP contribution in [0.5, 0.6) is 0 Å². The Labute approximate surface area is 120 Å². The van der Waals surface area contributed by atoms with Gasteiger partial charge in [0.2, 0.25) is 0 Å². The van der Waals surface area contributed by atoms with Crippen LogP contribution >= 0.6 is 0 Å². The van der Waals surface area contributed by atoms with E-state index in [4.69, 9.17) is 10.5 Å². The first kappa shape index (κ1) is 14.7. The minimum atomic E-state index is -0.0701. The molecule has 0 spiro atoms. The summed E-state index contributed by atoms with van der Waals surface area (Å²) < 4.78 is 5.64. The fourth-order valence-corrected chi connectivity index (χ4v) is 2.47. The molecule has 110 valence electrons. The van der Waals surface area contributed by atoms with Gasteiger partial charge in [0, 0.05) is 32.3 Å². The van der Waals surface area contributed by atoms with Gasteiger partial charge < -0.3 is 20.7 Å². The second-order valence-electron chi connectivity index (χ2n) is 5.15. The van der Waals surface area contributed by atoms with Crippen LogP contribution in [0, 0.1) is 0 Å². The van der Waals surface area contributed by atoms with Gasteiger partial charge in [0.25, 0.3) is 5.91 Å². The van der Waals surface area contributed by atoms with Crippen LogP contribution in [0.15, 0.2) is 18.2 Å². The minimum Gasteiger partial charge on any atom is -0.397 e. The van der Waals surface area contributed by atoms with Crippen molar-refractivity contribution in [3.8, 4) is 0 Å². The SMILES string of the molecule is CCNC(=O)c1ccc(N)c(N(C)CC2CCCO2)c1. The first-order chi connectivity index (χ1) is 9.61. The molecule has 1 aromatic carbocycles. The number of nitrogens with one attached hydrogen (secondary N) is 1. The van der Waals surface area contributed by atoms with Gasteiger partial charge >= 0.3 is 0 Å². The zero-order chi connectivity index (χ0) is 14.5. The summed E-state index contributed by atoms with van der Waals surface area (Å²) in [5.41, 5.74) is 8.22. The highest BCUT2D eigenvalue weighted by atomic mass is 16.5. The smallest absolute Gasteiger partial charge is 0.251 e. The molecule has 1 amide bonds. The number of amides is 1. The number of nitrogen functional groups attached to an aromatic ring is 1. The van der Waals surface area contributed by atoms with E-state index in [1.54, 1.807) is 12.1 Å². The molecular formula is C15H23N3O2. The Balaban J connectivity index is 2.12. The van der Waals surface area contributed by atoms with Crippen molar-refractivity contribution in [2.24, 2.45) is 0 Å². The van der Waals surface area contributed by atoms with Gasteiger partial charge in [-0.1, -0.05) is 0 Å². The van der Waals surface area contributed by atoms with E-state index in [0.29, 0.717) is 17.8 Å². The van der Waals surface area contributed by atoms with Gasteiger partial charge in [-0.25, -0.2) is 0 Å². The first-order valence-electron chi connectivity index (χ1n) is 7.12. The molecule has 3 N–H and O–H groups in total. The van der Waals surface area contributed by atoms with Crippen LogP contribution in [-0.2, 0) is 4.74 Å². The molecule has 0 radical (unpaired) electrons. The van der Waals surface area contributed by atoms with E-state index in [-0.39, 0.29) is 12.0 Å². The molecule has 2 rings (SSSR count). The highest BCUT2D eigenvalue weighted by Crippen LogP contribution is 2.25. The van der Waals surface area contributed by atoms with Crippen LogP contribution in [0.1, 0.15) is 30.1 Å². The van der Waals surface area contributed by atoms with Crippen LogP contribution in [0.4, 0.5) is 11.4 Å². The lowest BCUT2D eigenvalue weighted by molar-refractivity contribution is 0.0956. The van der Waals surface area contributed by atoms with E-state index in [1.165, 1.54) is 0 Å². The predicted octanol–water partition coefficient (Wildman–Crippen LogP) is 1.63. The third-order valence-corrected chi connectivity index (χ3v) is 3.54. The highest BCUT2D eigenvalue weighted by molar-refractivity contribution is 5.96. The Hall–Kier alpha value is -1.75. The van der Waals surface area contributed by atoms with Crippen molar-refractivity contribution in [2.75, 3.05) is 37.4 Å². The van der Waals surface area contributed by atoms with Crippen molar-refractivity contribution < 1.29 is 9.53 Å². The van der Waals surface area contributed by atoms with Crippen molar-refractivity contribution >= 4 is 17.3 Å². The number of nitrogens with two attached hydrogens (primary N) is 1. The Kier molecular flexibility index (Phi) is 4.84. The largest absolute Gasteiger partial charge is 0.397 e. The number of benzene rings is 1. The molecule has 5 nitrogen and oxygen atoms in total. The van der Waals surface area contributed by atoms with Crippen molar-refractivity contribution in [1.29, 1.82) is 0 Å². The van der Waals surface area contributed by atoms with E-state index in [9.17, 15) is 4.79 Å². The Morgan fingerprint density at radius 1 is 1.55 bits per heavy atom. The standard InChI is InChI=1S/C15H23N3O2/c1-3-17-15(19)11-6-7-13(16)14(9-11)18(2)10-12-5-4-8-20-12/h6-7,9,12H,3-5,8,10,16H2,1-2H3,(H,17,19). The predicted molar refractivity (Wildman–Crippen MR) is 81.1 cm³/mol. The van der Waals surface area contributed by atoms with Crippen molar-refractivity contribution in [3.63, 3.8) is 0 Å². The molecule has 1 heterocycles. The molecule has 1 fully saturated rings. The summed E-state index contributed by atoms with van der Waals surface area (Å²) in [5, 5.41) is 2.80. The van der Waals surface area contributed by atoms with Gasteiger partial charge in [-0.15, -0.1) is 0 Å². The maximum atomic E-state index is 11.9. The number of carbonyl (C=O) groups excluding carboxylic acids is 1. The Bertz CT molecular complexity index is 470. The Morgan fingerprint density at radius 3 is 3.00 bits per heavy atom. The number of hydrogen-bond donors (Lipinski definition) is 2. The van der Waals surface area contributed by atoms with Gasteiger partial charge in [0.05, 0.1) is 17.5 Å². The van der Waals surface area contributed by atoms with Gasteiger partial charge in [-0.2, -0.15) is 0 Å². The molecular weight excluding hydrogens is 254 g/mol. The highest BCUT2D eigenvalue weighted by Gasteiger charge is 2.19. The van der Waals surface area contributed by atoms with Crippen LogP contribution < -0.4 is 16.0 Å². The average Bonchev–Trinajstić information content (AvgIpc) is 2.92. The molecule has 1 atom stereocenters. The number of rotatable bonds is 5. The first-order valence-corrected chi connectivity index (χ1v) is 7.12. The average molecular weight is 277 g/mol. The van der Waals surface area contributed by atoms with Gasteiger partial charge in [0.1, 0.15) is 0 Å². The summed E-state index contributed by atoms with van der Waals surface area (Å²) in [6, 6.07) is 5.38. The lowest BCUT2D eigenvalue weighted by Gasteiger charge is -2.24. The van der Waals surface area contributed by atoms with Crippen molar-refractivity contribution in [2.45, 2.75) is 25.9 Å². The van der Waals surface area contributed by atoms with E-state index >= 15 is 0 Å². The Morgan fingerprint density at radius 2 is 2.35 bits per heavy atom. The van der Waals surface area contributed by atoms with Crippen molar-refractivity contribution in [1.82, 2.24) is 5.32 Å². The molecule has 1 unspecified atom stereocenters. The number of nitrogens with zero attached hydrogens (tertiary/aromatic N) is 1. The molecule has 1 aromatic rings. The summed E-state index contributed by atoms with van der Waals surface area (Å²) in [6.07, 6.45) is 2.46. The van der Waals surface area contributed by atoms with Crippen LogP contribution in [0.3, 0.4) is 0 Å². The topological polar surface area (TPSA) is 67.6 Å². The number of anilines is 2. The lowest BCUT2D eigenvalue weighted by atomic mass is 10.1. The molecule has 1 aliphatic heterocycles. The second kappa shape index (κ2) is 6.61. The van der Waals surface area contributed by atoms with Crippen LogP contribution in [0.25, 0.3) is 0 Å². The third-order valence-electron chi connectivity index (χ3n) is 3.54. The number of likely N-dealkylation sites (N-methyl/N-ethyl adjacent to an activating group) is 1. The molecule has 1 aliphatic rings. The van der Waals surface area contributed by atoms with E-state index in [1.807, 2.05) is 20.0 Å². The van der Waals surface area contributed by atoms with Gasteiger partial charge in [-0.05, 0) is 38.0 Å². The normalized spacial score (nSPS) is 18.0. The molecule has 1 saturated heterocycles.